The highest BCUT2D eigenvalue weighted by Crippen LogP contribution is 2.30. The minimum atomic E-state index is -0.519. The van der Waals surface area contributed by atoms with Crippen molar-refractivity contribution in [2.45, 2.75) is 12.8 Å². The van der Waals surface area contributed by atoms with Gasteiger partial charge in [0.25, 0.3) is 0 Å². The van der Waals surface area contributed by atoms with Crippen LogP contribution in [0.3, 0.4) is 0 Å². The molecule has 15 heavy (non-hydrogen) atoms. The van der Waals surface area contributed by atoms with Gasteiger partial charge in [0.1, 0.15) is 11.4 Å². The van der Waals surface area contributed by atoms with Crippen LogP contribution in [0.25, 0.3) is 0 Å². The number of carbonyl (C=O) groups is 2. The monoisotopic (exact) mass is 209 g/mol. The standard InChI is InChI=1S/C9H11N3O3/c1-15-9(14)6-4-10-12-7(6)11-8(13)5-2-3-5/h4-5H,2-3H2,1H3,(H2,10,11,12,13). The number of ether oxygens (including phenoxy) is 1. The molecule has 0 saturated heterocycles. The van der Waals surface area contributed by atoms with Crippen LogP contribution in [0.1, 0.15) is 23.2 Å². The van der Waals surface area contributed by atoms with Crippen LogP contribution < -0.4 is 5.32 Å². The highest BCUT2D eigenvalue weighted by Gasteiger charge is 2.30. The van der Waals surface area contributed by atoms with E-state index in [1.807, 2.05) is 0 Å². The number of nitrogens with one attached hydrogen (secondary N) is 2. The van der Waals surface area contributed by atoms with Crippen LogP contribution in [0.2, 0.25) is 0 Å². The second-order valence-corrected chi connectivity index (χ2v) is 3.41. The third kappa shape index (κ3) is 1.98. The molecular formula is C9H11N3O3. The number of hydrogen-bond acceptors (Lipinski definition) is 4. The zero-order valence-corrected chi connectivity index (χ0v) is 8.24. The summed E-state index contributed by atoms with van der Waals surface area (Å²) in [6.07, 6.45) is 3.15. The maximum absolute atomic E-state index is 11.4. The molecule has 0 aliphatic heterocycles. The first-order chi connectivity index (χ1) is 7.22. The van der Waals surface area contributed by atoms with Gasteiger partial charge in [-0.3, -0.25) is 9.89 Å². The zero-order chi connectivity index (χ0) is 10.8. The summed E-state index contributed by atoms with van der Waals surface area (Å²) >= 11 is 0. The van der Waals surface area contributed by atoms with Gasteiger partial charge in [-0.2, -0.15) is 5.10 Å². The Balaban J connectivity index is 2.10. The van der Waals surface area contributed by atoms with Gasteiger partial charge in [0.15, 0.2) is 0 Å². The number of anilines is 1. The van der Waals surface area contributed by atoms with E-state index in [9.17, 15) is 9.59 Å². The van der Waals surface area contributed by atoms with E-state index >= 15 is 0 Å². The lowest BCUT2D eigenvalue weighted by Crippen LogP contribution is -2.16. The van der Waals surface area contributed by atoms with Crippen molar-refractivity contribution in [3.05, 3.63) is 11.8 Å². The fourth-order valence-electron chi connectivity index (χ4n) is 1.22. The second kappa shape index (κ2) is 3.72. The van der Waals surface area contributed by atoms with E-state index in [-0.39, 0.29) is 17.4 Å². The highest BCUT2D eigenvalue weighted by atomic mass is 16.5. The molecule has 80 valence electrons. The van der Waals surface area contributed by atoms with Gasteiger partial charge in [0.05, 0.1) is 13.3 Å². The van der Waals surface area contributed by atoms with Crippen molar-refractivity contribution in [1.82, 2.24) is 10.2 Å². The molecule has 2 N–H and O–H groups in total. The first kappa shape index (κ1) is 9.70. The van der Waals surface area contributed by atoms with Crippen LogP contribution in [0.15, 0.2) is 6.20 Å². The SMILES string of the molecule is COC(=O)c1cn[nH]c1NC(=O)C1CC1. The first-order valence-corrected chi connectivity index (χ1v) is 4.65. The van der Waals surface area contributed by atoms with Gasteiger partial charge < -0.3 is 10.1 Å². The zero-order valence-electron chi connectivity index (χ0n) is 8.24. The minimum absolute atomic E-state index is 0.0793. The summed E-state index contributed by atoms with van der Waals surface area (Å²) in [6.45, 7) is 0. The number of rotatable bonds is 3. The molecular weight excluding hydrogens is 198 g/mol. The quantitative estimate of drug-likeness (QED) is 0.712. The van der Waals surface area contributed by atoms with E-state index in [4.69, 9.17) is 0 Å². The van der Waals surface area contributed by atoms with Gasteiger partial charge in [0.2, 0.25) is 5.91 Å². The maximum Gasteiger partial charge on any atom is 0.343 e. The second-order valence-electron chi connectivity index (χ2n) is 3.41. The third-order valence-electron chi connectivity index (χ3n) is 2.24. The van der Waals surface area contributed by atoms with Crippen molar-refractivity contribution < 1.29 is 14.3 Å². The smallest absolute Gasteiger partial charge is 0.343 e. The van der Waals surface area contributed by atoms with Crippen molar-refractivity contribution in [3.63, 3.8) is 0 Å². The molecule has 1 aliphatic carbocycles. The van der Waals surface area contributed by atoms with Gasteiger partial charge in [-0.05, 0) is 12.8 Å². The molecule has 1 heterocycles. The molecule has 1 aromatic rings. The lowest BCUT2D eigenvalue weighted by atomic mass is 10.3. The van der Waals surface area contributed by atoms with E-state index in [2.05, 4.69) is 20.3 Å². The number of H-pyrrole nitrogens is 1. The Morgan fingerprint density at radius 3 is 2.93 bits per heavy atom. The topological polar surface area (TPSA) is 84.1 Å². The average molecular weight is 209 g/mol. The van der Waals surface area contributed by atoms with Gasteiger partial charge in [-0.1, -0.05) is 0 Å². The molecule has 1 aromatic heterocycles. The van der Waals surface area contributed by atoms with Gasteiger partial charge in [-0.25, -0.2) is 4.79 Å². The Morgan fingerprint density at radius 1 is 1.60 bits per heavy atom. The summed E-state index contributed by atoms with van der Waals surface area (Å²) in [7, 11) is 1.28. The Hall–Kier alpha value is -1.85. The molecule has 0 radical (unpaired) electrons. The number of methoxy groups -OCH3 is 1. The van der Waals surface area contributed by atoms with Crippen LogP contribution in [0.4, 0.5) is 5.82 Å². The molecule has 1 saturated carbocycles. The van der Waals surface area contributed by atoms with Gasteiger partial charge in [-0.15, -0.1) is 0 Å². The number of aromatic amines is 1. The Labute approximate surface area is 86.0 Å². The molecule has 0 spiro atoms. The lowest BCUT2D eigenvalue weighted by molar-refractivity contribution is -0.117. The number of esters is 1. The number of carbonyl (C=O) groups excluding carboxylic acids is 2. The number of amides is 1. The summed E-state index contributed by atoms with van der Waals surface area (Å²) in [5.74, 6) is -0.211. The fourth-order valence-corrected chi connectivity index (χ4v) is 1.22. The first-order valence-electron chi connectivity index (χ1n) is 4.65. The van der Waals surface area contributed by atoms with E-state index in [1.54, 1.807) is 0 Å². The summed E-state index contributed by atoms with van der Waals surface area (Å²) in [4.78, 5) is 22.7. The van der Waals surface area contributed by atoms with Crippen LogP contribution in [-0.2, 0) is 9.53 Å². The van der Waals surface area contributed by atoms with Crippen molar-refractivity contribution in [2.75, 3.05) is 12.4 Å². The Morgan fingerprint density at radius 2 is 2.33 bits per heavy atom. The van der Waals surface area contributed by atoms with E-state index in [1.165, 1.54) is 13.3 Å². The molecule has 0 unspecified atom stereocenters. The predicted molar refractivity (Wildman–Crippen MR) is 51.3 cm³/mol. The molecule has 2 rings (SSSR count). The number of hydrogen-bond donors (Lipinski definition) is 2. The number of aromatic nitrogens is 2. The fraction of sp³-hybridized carbons (Fsp3) is 0.444. The van der Waals surface area contributed by atoms with Gasteiger partial charge >= 0.3 is 5.97 Å². The van der Waals surface area contributed by atoms with Crippen LogP contribution in [0.5, 0.6) is 0 Å². The lowest BCUT2D eigenvalue weighted by Gasteiger charge is -2.02. The molecule has 0 atom stereocenters. The predicted octanol–water partition coefficient (Wildman–Crippen LogP) is 0.545. The Bertz CT molecular complexity index is 395. The molecule has 6 nitrogen and oxygen atoms in total. The van der Waals surface area contributed by atoms with Crippen molar-refractivity contribution in [1.29, 1.82) is 0 Å². The van der Waals surface area contributed by atoms with Crippen LogP contribution >= 0.6 is 0 Å². The largest absolute Gasteiger partial charge is 0.465 e. The molecule has 6 heteroatoms. The summed E-state index contributed by atoms with van der Waals surface area (Å²) in [5.41, 5.74) is 0.242. The van der Waals surface area contributed by atoms with E-state index < -0.39 is 5.97 Å². The molecule has 1 amide bonds. The Kier molecular flexibility index (Phi) is 2.40. The summed E-state index contributed by atoms with van der Waals surface area (Å²) in [6, 6.07) is 0. The number of nitrogens with zero attached hydrogens (tertiary/aromatic N) is 1. The van der Waals surface area contributed by atoms with Crippen LogP contribution in [0, 0.1) is 5.92 Å². The minimum Gasteiger partial charge on any atom is -0.465 e. The highest BCUT2D eigenvalue weighted by molar-refractivity contribution is 6.01. The van der Waals surface area contributed by atoms with Crippen molar-refractivity contribution in [2.24, 2.45) is 5.92 Å². The summed E-state index contributed by atoms with van der Waals surface area (Å²) < 4.78 is 4.54. The third-order valence-corrected chi connectivity index (χ3v) is 2.24. The van der Waals surface area contributed by atoms with Gasteiger partial charge in [0, 0.05) is 5.92 Å². The maximum atomic E-state index is 11.4. The van der Waals surface area contributed by atoms with Crippen molar-refractivity contribution >= 4 is 17.7 Å². The summed E-state index contributed by atoms with van der Waals surface area (Å²) in [5, 5.41) is 8.85. The molecule has 1 fully saturated rings. The molecule has 0 aromatic carbocycles. The van der Waals surface area contributed by atoms with Crippen molar-refractivity contribution in [3.8, 4) is 0 Å². The van der Waals surface area contributed by atoms with Crippen LogP contribution in [-0.4, -0.2) is 29.2 Å². The molecule has 1 aliphatic rings. The normalized spacial score (nSPS) is 14.7. The average Bonchev–Trinajstić information content (AvgIpc) is 2.99. The van der Waals surface area contributed by atoms with E-state index in [0.29, 0.717) is 5.82 Å². The molecule has 0 bridgehead atoms. The van der Waals surface area contributed by atoms with E-state index in [0.717, 1.165) is 12.8 Å².